The summed E-state index contributed by atoms with van der Waals surface area (Å²) in [6, 6.07) is 0.706. The number of esters is 1. The monoisotopic (exact) mass is 311 g/mol. The van der Waals surface area contributed by atoms with Crippen LogP contribution in [0.2, 0.25) is 5.02 Å². The van der Waals surface area contributed by atoms with E-state index in [1.54, 1.807) is 0 Å². The Kier molecular flexibility index (Phi) is 2.81. The number of anilines is 1. The highest BCUT2D eigenvalue weighted by Gasteiger charge is 2.67. The van der Waals surface area contributed by atoms with E-state index in [4.69, 9.17) is 17.3 Å². The van der Waals surface area contributed by atoms with E-state index in [1.165, 1.54) is 0 Å². The van der Waals surface area contributed by atoms with Crippen LogP contribution in [-0.4, -0.2) is 13.1 Å². The fraction of sp³-hybridized carbons (Fsp3) is 0.125. The fourth-order valence-electron chi connectivity index (χ4n) is 1.16. The lowest BCUT2D eigenvalue weighted by molar-refractivity contribution is 0.0600. The van der Waals surface area contributed by atoms with Gasteiger partial charge in [-0.3, -0.25) is 0 Å². The summed E-state index contributed by atoms with van der Waals surface area (Å²) >= 11 is 5.19. The molecule has 0 amide bonds. The lowest BCUT2D eigenvalue weighted by atomic mass is 10.2. The van der Waals surface area contributed by atoms with Gasteiger partial charge in [0.2, 0.25) is 0 Å². The number of carbonyl (C=O) groups is 1. The van der Waals surface area contributed by atoms with E-state index in [-0.39, 0.29) is 6.07 Å². The zero-order chi connectivity index (χ0) is 14.4. The van der Waals surface area contributed by atoms with Crippen molar-refractivity contribution in [3.63, 3.8) is 0 Å². The Morgan fingerprint density at radius 2 is 1.78 bits per heavy atom. The molecule has 3 nitrogen and oxygen atoms in total. The molecule has 10 heteroatoms. The summed E-state index contributed by atoms with van der Waals surface area (Å²) in [6.45, 7) is 0. The zero-order valence-electron chi connectivity index (χ0n) is 8.72. The van der Waals surface area contributed by atoms with Gasteiger partial charge in [0.15, 0.2) is 0 Å². The van der Waals surface area contributed by atoms with Gasteiger partial charge in [-0.05, 0) is 12.1 Å². The molecule has 0 saturated heterocycles. The molecule has 2 N–H and O–H groups in total. The van der Waals surface area contributed by atoms with Crippen LogP contribution >= 0.6 is 21.8 Å². The highest BCUT2D eigenvalue weighted by molar-refractivity contribution is 8.45. The van der Waals surface area contributed by atoms with Crippen LogP contribution in [0.1, 0.15) is 10.4 Å². The molecule has 0 aliphatic heterocycles. The Hall–Kier alpha value is -1.22. The molecule has 0 radical (unpaired) electrons. The quantitative estimate of drug-likeness (QED) is 0.501. The summed E-state index contributed by atoms with van der Waals surface area (Å²) in [5.74, 6) is -1.30. The molecule has 0 bridgehead atoms. The van der Waals surface area contributed by atoms with E-state index in [2.05, 4.69) is 4.74 Å². The molecule has 0 atom stereocenters. The number of nitrogen functional groups attached to an aromatic ring is 1. The summed E-state index contributed by atoms with van der Waals surface area (Å²) in [5.41, 5.74) is 3.50. The smallest absolute Gasteiger partial charge is 0.339 e. The maximum Gasteiger partial charge on any atom is 0.339 e. The van der Waals surface area contributed by atoms with E-state index in [1.807, 2.05) is 0 Å². The van der Waals surface area contributed by atoms with E-state index in [9.17, 15) is 24.2 Å². The lowest BCUT2D eigenvalue weighted by Gasteiger charge is -2.41. The van der Waals surface area contributed by atoms with Crippen molar-refractivity contribution in [3.8, 4) is 0 Å². The third kappa shape index (κ3) is 2.96. The highest BCUT2D eigenvalue weighted by Crippen LogP contribution is 3.02. The van der Waals surface area contributed by atoms with Crippen molar-refractivity contribution >= 4 is 33.5 Å². The average Bonchev–Trinajstić information content (AvgIpc) is 2.16. The number of halogens is 6. The molecule has 0 aromatic heterocycles. The number of hydrogen-bond acceptors (Lipinski definition) is 3. The number of benzene rings is 1. The molecule has 0 fully saturated rings. The van der Waals surface area contributed by atoms with Crippen LogP contribution in [0.25, 0.3) is 0 Å². The van der Waals surface area contributed by atoms with Gasteiger partial charge < -0.3 is 10.5 Å². The molecule has 104 valence electrons. The van der Waals surface area contributed by atoms with Gasteiger partial charge in [-0.15, -0.1) is 0 Å². The second-order valence-corrected chi connectivity index (χ2v) is 6.10. The molecule has 0 heterocycles. The van der Waals surface area contributed by atoms with Gasteiger partial charge in [-0.25, -0.2) is 4.79 Å². The van der Waals surface area contributed by atoms with Gasteiger partial charge in [0.05, 0.1) is 17.7 Å². The fourth-order valence-corrected chi connectivity index (χ4v) is 2.59. The maximum atomic E-state index is 12.6. The Balaban J connectivity index is 3.71. The van der Waals surface area contributed by atoms with Crippen LogP contribution < -0.4 is 5.73 Å². The number of rotatable bonds is 2. The average molecular weight is 312 g/mol. The second kappa shape index (κ2) is 3.41. The first-order valence-corrected chi connectivity index (χ1v) is 6.50. The van der Waals surface area contributed by atoms with E-state index in [0.717, 1.165) is 13.2 Å². The van der Waals surface area contributed by atoms with Crippen molar-refractivity contribution < 1.29 is 29.0 Å². The van der Waals surface area contributed by atoms with Crippen LogP contribution in [0.15, 0.2) is 17.0 Å². The van der Waals surface area contributed by atoms with Crippen molar-refractivity contribution in [2.75, 3.05) is 12.8 Å². The van der Waals surface area contributed by atoms with E-state index < -0.39 is 37.4 Å². The molecule has 18 heavy (non-hydrogen) atoms. The molecular weight excluding hydrogens is 305 g/mol. The SMILES string of the molecule is COC(=O)c1cc(N)cc(S(F)(F)(F)(F)F)c1Cl. The largest absolute Gasteiger partial charge is 0.465 e. The second-order valence-electron chi connectivity index (χ2n) is 3.34. The van der Waals surface area contributed by atoms with Crippen molar-refractivity contribution in [3.05, 3.63) is 22.7 Å². The molecule has 0 aliphatic rings. The molecular formula is C8H7ClF5NO2S. The zero-order valence-corrected chi connectivity index (χ0v) is 10.3. The third-order valence-corrected chi connectivity index (χ3v) is 3.55. The molecule has 1 aromatic rings. The Morgan fingerprint density at radius 1 is 1.28 bits per heavy atom. The normalized spacial score (nSPS) is 15.7. The van der Waals surface area contributed by atoms with Crippen LogP contribution in [0, 0.1) is 0 Å². The van der Waals surface area contributed by atoms with Crippen molar-refractivity contribution in [2.24, 2.45) is 0 Å². The van der Waals surface area contributed by atoms with Crippen molar-refractivity contribution in [2.45, 2.75) is 4.90 Å². The van der Waals surface area contributed by atoms with Gasteiger partial charge >= 0.3 is 16.2 Å². The van der Waals surface area contributed by atoms with Gasteiger partial charge in [-0.1, -0.05) is 31.0 Å². The molecule has 1 rings (SSSR count). The number of hydrogen-bond donors (Lipinski definition) is 1. The Morgan fingerprint density at radius 3 is 2.17 bits per heavy atom. The third-order valence-electron chi connectivity index (χ3n) is 1.88. The summed E-state index contributed by atoms with van der Waals surface area (Å²) in [5, 5.41) is -1.43. The molecule has 0 aliphatic carbocycles. The molecule has 0 spiro atoms. The summed E-state index contributed by atoms with van der Waals surface area (Å²) in [6.07, 6.45) is 0. The Labute approximate surface area is 103 Å². The van der Waals surface area contributed by atoms with E-state index in [0.29, 0.717) is 0 Å². The number of carbonyl (C=O) groups excluding carboxylic acids is 1. The predicted octanol–water partition coefficient (Wildman–Crippen LogP) is 4.37. The maximum absolute atomic E-state index is 12.6. The topological polar surface area (TPSA) is 52.3 Å². The Bertz CT molecular complexity index is 530. The molecule has 1 aromatic carbocycles. The van der Waals surface area contributed by atoms with Gasteiger partial charge in [0, 0.05) is 5.69 Å². The highest BCUT2D eigenvalue weighted by atomic mass is 35.5. The molecule has 0 unspecified atom stereocenters. The summed E-state index contributed by atoms with van der Waals surface area (Å²) in [7, 11) is -9.17. The van der Waals surface area contributed by atoms with Crippen LogP contribution in [0.3, 0.4) is 0 Å². The first-order chi connectivity index (χ1) is 7.76. The predicted molar refractivity (Wildman–Crippen MR) is 58.6 cm³/mol. The van der Waals surface area contributed by atoms with Crippen LogP contribution in [-0.2, 0) is 4.74 Å². The lowest BCUT2D eigenvalue weighted by Crippen LogP contribution is -2.11. The van der Waals surface area contributed by atoms with Gasteiger partial charge in [0.25, 0.3) is 0 Å². The number of ether oxygens (including phenoxy) is 1. The minimum atomic E-state index is -10.0. The number of nitrogens with two attached hydrogens (primary N) is 1. The number of methoxy groups -OCH3 is 1. The minimum absolute atomic E-state index is 0.0175. The van der Waals surface area contributed by atoms with E-state index >= 15 is 0 Å². The van der Waals surface area contributed by atoms with Gasteiger partial charge in [-0.2, -0.15) is 0 Å². The first kappa shape index (κ1) is 14.8. The first-order valence-electron chi connectivity index (χ1n) is 4.17. The summed E-state index contributed by atoms with van der Waals surface area (Å²) in [4.78, 5) is 8.71. The van der Waals surface area contributed by atoms with Crippen LogP contribution in [0.4, 0.5) is 25.1 Å². The molecule has 0 saturated carbocycles. The standard InChI is InChI=1S/C8H7ClF5NO2S/c1-17-8(16)5-2-4(15)3-6(7(5)9)18(10,11,12,13)14/h2-3H,15H2,1H3. The van der Waals surface area contributed by atoms with Crippen molar-refractivity contribution in [1.82, 2.24) is 0 Å². The van der Waals surface area contributed by atoms with Crippen LogP contribution in [0.5, 0.6) is 0 Å². The minimum Gasteiger partial charge on any atom is -0.465 e. The van der Waals surface area contributed by atoms with Gasteiger partial charge in [0.1, 0.15) is 4.90 Å². The van der Waals surface area contributed by atoms with Crippen molar-refractivity contribution in [1.29, 1.82) is 0 Å². The summed E-state index contributed by atoms with van der Waals surface area (Å²) < 4.78 is 67.3.